The van der Waals surface area contributed by atoms with Crippen LogP contribution < -0.4 is 0 Å². The molecule has 0 aromatic heterocycles. The van der Waals surface area contributed by atoms with Crippen LogP contribution in [0.3, 0.4) is 0 Å². The standard InChI is InChI=1S/C19H26O5/c1-18(2,3)23-16(20)14-9-8-13(10-11-22-7)12-15(14)17(21)24-19(4,5)6/h8-12H,1-7H3. The number of ether oxygens (including phenoxy) is 3. The van der Waals surface area contributed by atoms with Crippen molar-refractivity contribution < 1.29 is 23.8 Å². The fourth-order valence-electron chi connectivity index (χ4n) is 1.83. The van der Waals surface area contributed by atoms with Crippen LogP contribution in [0, 0.1) is 0 Å². The van der Waals surface area contributed by atoms with Crippen molar-refractivity contribution >= 4 is 18.0 Å². The summed E-state index contributed by atoms with van der Waals surface area (Å²) >= 11 is 0. The van der Waals surface area contributed by atoms with E-state index in [4.69, 9.17) is 14.2 Å². The van der Waals surface area contributed by atoms with Gasteiger partial charge in [-0.1, -0.05) is 6.07 Å². The van der Waals surface area contributed by atoms with Crippen molar-refractivity contribution in [3.05, 3.63) is 41.2 Å². The monoisotopic (exact) mass is 334 g/mol. The summed E-state index contributed by atoms with van der Waals surface area (Å²) in [6.45, 7) is 10.6. The Hall–Kier alpha value is -2.30. The number of benzene rings is 1. The van der Waals surface area contributed by atoms with Crippen LogP contribution in [0.5, 0.6) is 0 Å². The number of hydrogen-bond acceptors (Lipinski definition) is 5. The van der Waals surface area contributed by atoms with Crippen molar-refractivity contribution in [2.45, 2.75) is 52.7 Å². The van der Waals surface area contributed by atoms with Gasteiger partial charge in [0, 0.05) is 0 Å². The summed E-state index contributed by atoms with van der Waals surface area (Å²) in [5.74, 6) is -1.14. The lowest BCUT2D eigenvalue weighted by Crippen LogP contribution is -2.28. The van der Waals surface area contributed by atoms with Gasteiger partial charge in [0.2, 0.25) is 0 Å². The molecule has 0 amide bonds. The van der Waals surface area contributed by atoms with Crippen molar-refractivity contribution in [2.75, 3.05) is 7.11 Å². The highest BCUT2D eigenvalue weighted by atomic mass is 16.6. The zero-order valence-corrected chi connectivity index (χ0v) is 15.4. The van der Waals surface area contributed by atoms with Gasteiger partial charge in [0.15, 0.2) is 0 Å². The van der Waals surface area contributed by atoms with Crippen molar-refractivity contribution in [2.24, 2.45) is 0 Å². The average molecular weight is 334 g/mol. The van der Waals surface area contributed by atoms with E-state index >= 15 is 0 Å². The molecule has 0 atom stereocenters. The van der Waals surface area contributed by atoms with Crippen molar-refractivity contribution in [3.63, 3.8) is 0 Å². The van der Waals surface area contributed by atoms with Gasteiger partial charge in [-0.3, -0.25) is 0 Å². The third-order valence-electron chi connectivity index (χ3n) is 2.68. The predicted molar refractivity (Wildman–Crippen MR) is 92.8 cm³/mol. The van der Waals surface area contributed by atoms with Gasteiger partial charge < -0.3 is 14.2 Å². The van der Waals surface area contributed by atoms with Crippen LogP contribution in [0.4, 0.5) is 0 Å². The van der Waals surface area contributed by atoms with Crippen LogP contribution in [0.2, 0.25) is 0 Å². The zero-order chi connectivity index (χ0) is 18.5. The van der Waals surface area contributed by atoms with Crippen LogP contribution in [0.25, 0.3) is 6.08 Å². The predicted octanol–water partition coefficient (Wildman–Crippen LogP) is 4.21. The minimum absolute atomic E-state index is 0.164. The fourth-order valence-corrected chi connectivity index (χ4v) is 1.83. The molecule has 0 fully saturated rings. The molecule has 0 radical (unpaired) electrons. The quantitative estimate of drug-likeness (QED) is 0.609. The normalized spacial score (nSPS) is 12.1. The van der Waals surface area contributed by atoms with E-state index in [9.17, 15) is 9.59 Å². The molecule has 24 heavy (non-hydrogen) atoms. The largest absolute Gasteiger partial charge is 0.504 e. The fraction of sp³-hybridized carbons (Fsp3) is 0.474. The molecule has 1 aromatic rings. The molecule has 0 saturated carbocycles. The van der Waals surface area contributed by atoms with E-state index < -0.39 is 23.1 Å². The molecular formula is C19H26O5. The molecule has 132 valence electrons. The molecule has 0 bridgehead atoms. The van der Waals surface area contributed by atoms with Gasteiger partial charge in [0.1, 0.15) is 11.2 Å². The van der Waals surface area contributed by atoms with E-state index in [2.05, 4.69) is 0 Å². The van der Waals surface area contributed by atoms with E-state index in [1.54, 1.807) is 65.8 Å². The van der Waals surface area contributed by atoms with Crippen molar-refractivity contribution in [3.8, 4) is 0 Å². The maximum Gasteiger partial charge on any atom is 0.339 e. The Morgan fingerprint density at radius 2 is 1.38 bits per heavy atom. The Kier molecular flexibility index (Phi) is 6.18. The Labute approximate surface area is 143 Å². The first-order valence-corrected chi connectivity index (χ1v) is 7.73. The summed E-state index contributed by atoms with van der Waals surface area (Å²) in [5.41, 5.74) is -0.270. The Balaban J connectivity index is 3.29. The second-order valence-electron chi connectivity index (χ2n) is 7.35. The van der Waals surface area contributed by atoms with Gasteiger partial charge in [-0.25, -0.2) is 9.59 Å². The lowest BCUT2D eigenvalue weighted by Gasteiger charge is -2.22. The van der Waals surface area contributed by atoms with Gasteiger partial charge in [-0.2, -0.15) is 0 Å². The van der Waals surface area contributed by atoms with E-state index in [1.807, 2.05) is 0 Å². The summed E-state index contributed by atoms with van der Waals surface area (Å²) in [6, 6.07) is 4.86. The Morgan fingerprint density at radius 3 is 1.83 bits per heavy atom. The number of esters is 2. The maximum atomic E-state index is 12.5. The molecule has 0 N–H and O–H groups in total. The Morgan fingerprint density at radius 1 is 0.875 bits per heavy atom. The first kappa shape index (κ1) is 19.7. The lowest BCUT2D eigenvalue weighted by molar-refractivity contribution is 0.00187. The van der Waals surface area contributed by atoms with E-state index in [-0.39, 0.29) is 11.1 Å². The lowest BCUT2D eigenvalue weighted by atomic mass is 10.0. The molecule has 0 aliphatic heterocycles. The number of methoxy groups -OCH3 is 1. The van der Waals surface area contributed by atoms with Crippen LogP contribution in [-0.4, -0.2) is 30.3 Å². The maximum absolute atomic E-state index is 12.5. The Bertz CT molecular complexity index is 630. The van der Waals surface area contributed by atoms with Gasteiger partial charge in [-0.05, 0) is 65.3 Å². The van der Waals surface area contributed by atoms with Gasteiger partial charge in [0.05, 0.1) is 24.5 Å². The highest BCUT2D eigenvalue weighted by Crippen LogP contribution is 2.21. The van der Waals surface area contributed by atoms with Crippen LogP contribution in [0.15, 0.2) is 24.5 Å². The molecule has 0 spiro atoms. The second-order valence-corrected chi connectivity index (χ2v) is 7.35. The summed E-state index contributed by atoms with van der Waals surface area (Å²) < 4.78 is 15.7. The molecule has 5 nitrogen and oxygen atoms in total. The highest BCUT2D eigenvalue weighted by molar-refractivity contribution is 6.03. The van der Waals surface area contributed by atoms with E-state index in [0.717, 1.165) is 0 Å². The minimum Gasteiger partial charge on any atom is -0.504 e. The molecule has 0 aliphatic rings. The molecule has 1 aromatic carbocycles. The van der Waals surface area contributed by atoms with E-state index in [0.29, 0.717) is 5.56 Å². The second kappa shape index (κ2) is 7.51. The number of carbonyl (C=O) groups excluding carboxylic acids is 2. The number of hydrogen-bond donors (Lipinski definition) is 0. The van der Waals surface area contributed by atoms with E-state index in [1.165, 1.54) is 13.4 Å². The van der Waals surface area contributed by atoms with Crippen LogP contribution in [-0.2, 0) is 14.2 Å². The number of rotatable bonds is 4. The van der Waals surface area contributed by atoms with Gasteiger partial charge in [-0.15, -0.1) is 0 Å². The summed E-state index contributed by atoms with van der Waals surface area (Å²) in [6.07, 6.45) is 3.17. The highest BCUT2D eigenvalue weighted by Gasteiger charge is 2.26. The summed E-state index contributed by atoms with van der Waals surface area (Å²) in [4.78, 5) is 24.9. The van der Waals surface area contributed by atoms with Crippen LogP contribution in [0.1, 0.15) is 67.8 Å². The smallest absolute Gasteiger partial charge is 0.339 e. The average Bonchev–Trinajstić information content (AvgIpc) is 2.41. The number of carbonyl (C=O) groups is 2. The summed E-state index contributed by atoms with van der Waals surface area (Å²) in [5, 5.41) is 0. The molecule has 1 rings (SSSR count). The molecular weight excluding hydrogens is 308 g/mol. The van der Waals surface area contributed by atoms with Crippen molar-refractivity contribution in [1.82, 2.24) is 0 Å². The third-order valence-corrected chi connectivity index (χ3v) is 2.68. The van der Waals surface area contributed by atoms with Gasteiger partial charge >= 0.3 is 11.9 Å². The van der Waals surface area contributed by atoms with Crippen LogP contribution >= 0.6 is 0 Å². The van der Waals surface area contributed by atoms with Crippen molar-refractivity contribution in [1.29, 1.82) is 0 Å². The summed E-state index contributed by atoms with van der Waals surface area (Å²) in [7, 11) is 1.53. The topological polar surface area (TPSA) is 61.8 Å². The first-order valence-electron chi connectivity index (χ1n) is 7.73. The molecule has 0 unspecified atom stereocenters. The molecule has 0 heterocycles. The minimum atomic E-state index is -0.666. The first-order chi connectivity index (χ1) is 10.9. The molecule has 5 heteroatoms. The zero-order valence-electron chi connectivity index (χ0n) is 15.4. The molecule has 0 aliphatic carbocycles. The third kappa shape index (κ3) is 6.44. The SMILES string of the molecule is COC=Cc1ccc(C(=O)OC(C)(C)C)c(C(=O)OC(C)(C)C)c1. The molecule has 0 saturated heterocycles. The van der Waals surface area contributed by atoms with Gasteiger partial charge in [0.25, 0.3) is 0 Å².